The van der Waals surface area contributed by atoms with Crippen LogP contribution in [0.2, 0.25) is 0 Å². The fourth-order valence-corrected chi connectivity index (χ4v) is 3.90. The van der Waals surface area contributed by atoms with E-state index in [0.717, 1.165) is 48.6 Å². The molecule has 1 saturated heterocycles. The zero-order chi connectivity index (χ0) is 18.8. The van der Waals surface area contributed by atoms with Crippen molar-refractivity contribution in [2.45, 2.75) is 38.6 Å². The fraction of sp³-hybridized carbons (Fsp3) is 0.500. The molecule has 1 atom stereocenters. The van der Waals surface area contributed by atoms with Crippen molar-refractivity contribution in [2.75, 3.05) is 18.0 Å². The second-order valence-corrected chi connectivity index (χ2v) is 7.45. The molecule has 7 nitrogen and oxygen atoms in total. The second kappa shape index (κ2) is 7.50. The van der Waals surface area contributed by atoms with Gasteiger partial charge in [0, 0.05) is 44.9 Å². The summed E-state index contributed by atoms with van der Waals surface area (Å²) in [6.07, 6.45) is 6.37. The van der Waals surface area contributed by atoms with Crippen molar-refractivity contribution in [3.8, 4) is 0 Å². The molecule has 1 amide bonds. The third kappa shape index (κ3) is 3.86. The molecule has 1 aliphatic heterocycles. The number of anilines is 1. The van der Waals surface area contributed by atoms with Crippen molar-refractivity contribution in [2.24, 2.45) is 13.0 Å². The first-order chi connectivity index (χ1) is 13.1. The first kappa shape index (κ1) is 17.7. The highest BCUT2D eigenvalue weighted by Gasteiger charge is 2.26. The van der Waals surface area contributed by atoms with Gasteiger partial charge in [-0.15, -0.1) is 0 Å². The molecular formula is C20H25N5O2. The molecule has 7 heteroatoms. The SMILES string of the molecule is Cn1nc2c(cc1=O)CC(C(=O)NCc1ccc(N3CCCC3)nc1)CC2. The fourth-order valence-electron chi connectivity index (χ4n) is 3.90. The molecule has 27 heavy (non-hydrogen) atoms. The van der Waals surface area contributed by atoms with Crippen LogP contribution in [0.25, 0.3) is 0 Å². The average Bonchev–Trinajstić information content (AvgIpc) is 3.22. The zero-order valence-corrected chi connectivity index (χ0v) is 15.6. The normalized spacial score (nSPS) is 19.0. The lowest BCUT2D eigenvalue weighted by Gasteiger charge is -2.23. The Morgan fingerprint density at radius 3 is 2.85 bits per heavy atom. The van der Waals surface area contributed by atoms with Crippen LogP contribution in [-0.2, 0) is 31.2 Å². The maximum atomic E-state index is 12.6. The number of hydrogen-bond donors (Lipinski definition) is 1. The maximum absolute atomic E-state index is 12.6. The molecule has 4 rings (SSSR count). The van der Waals surface area contributed by atoms with E-state index in [4.69, 9.17) is 0 Å². The predicted molar refractivity (Wildman–Crippen MR) is 103 cm³/mol. The highest BCUT2D eigenvalue weighted by Crippen LogP contribution is 2.23. The summed E-state index contributed by atoms with van der Waals surface area (Å²) >= 11 is 0. The van der Waals surface area contributed by atoms with E-state index in [-0.39, 0.29) is 17.4 Å². The average molecular weight is 367 g/mol. The first-order valence-electron chi connectivity index (χ1n) is 9.64. The number of nitrogens with zero attached hydrogens (tertiary/aromatic N) is 4. The smallest absolute Gasteiger partial charge is 0.266 e. The minimum Gasteiger partial charge on any atom is -0.357 e. The van der Waals surface area contributed by atoms with Gasteiger partial charge in [0.2, 0.25) is 5.91 Å². The third-order valence-electron chi connectivity index (χ3n) is 5.53. The molecule has 0 saturated carbocycles. The number of carbonyl (C=O) groups excluding carboxylic acids is 1. The number of aromatic nitrogens is 3. The van der Waals surface area contributed by atoms with Crippen molar-refractivity contribution < 1.29 is 4.79 Å². The molecular weight excluding hydrogens is 342 g/mol. The highest BCUT2D eigenvalue weighted by molar-refractivity contribution is 5.79. The number of hydrogen-bond acceptors (Lipinski definition) is 5. The van der Waals surface area contributed by atoms with E-state index in [1.54, 1.807) is 13.1 Å². The molecule has 0 radical (unpaired) electrons. The number of pyridine rings is 1. The van der Waals surface area contributed by atoms with Crippen LogP contribution in [0, 0.1) is 5.92 Å². The van der Waals surface area contributed by atoms with E-state index < -0.39 is 0 Å². The Kier molecular flexibility index (Phi) is 4.92. The second-order valence-electron chi connectivity index (χ2n) is 7.45. The predicted octanol–water partition coefficient (Wildman–Crippen LogP) is 1.20. The summed E-state index contributed by atoms with van der Waals surface area (Å²) in [5.41, 5.74) is 2.71. The van der Waals surface area contributed by atoms with Crippen molar-refractivity contribution in [3.05, 3.63) is 51.6 Å². The Morgan fingerprint density at radius 2 is 2.11 bits per heavy atom. The number of aryl methyl sites for hydroxylation is 2. The lowest BCUT2D eigenvalue weighted by molar-refractivity contribution is -0.125. The van der Waals surface area contributed by atoms with Crippen molar-refractivity contribution >= 4 is 11.7 Å². The van der Waals surface area contributed by atoms with Crippen LogP contribution in [0.3, 0.4) is 0 Å². The van der Waals surface area contributed by atoms with Crippen molar-refractivity contribution in [1.29, 1.82) is 0 Å². The van der Waals surface area contributed by atoms with Crippen LogP contribution in [0.15, 0.2) is 29.2 Å². The lowest BCUT2D eigenvalue weighted by atomic mass is 9.86. The van der Waals surface area contributed by atoms with Crippen LogP contribution in [0.5, 0.6) is 0 Å². The van der Waals surface area contributed by atoms with Gasteiger partial charge in [-0.25, -0.2) is 9.67 Å². The Morgan fingerprint density at radius 1 is 1.30 bits per heavy atom. The minimum absolute atomic E-state index is 0.0324. The molecule has 0 bridgehead atoms. The molecule has 1 aliphatic carbocycles. The van der Waals surface area contributed by atoms with E-state index >= 15 is 0 Å². The van der Waals surface area contributed by atoms with Crippen LogP contribution >= 0.6 is 0 Å². The Labute approximate surface area is 158 Å². The monoisotopic (exact) mass is 367 g/mol. The summed E-state index contributed by atoms with van der Waals surface area (Å²) in [6.45, 7) is 2.62. The summed E-state index contributed by atoms with van der Waals surface area (Å²) in [7, 11) is 1.66. The molecule has 0 spiro atoms. The molecule has 2 aromatic heterocycles. The van der Waals surface area contributed by atoms with Gasteiger partial charge in [-0.2, -0.15) is 5.10 Å². The van der Waals surface area contributed by atoms with E-state index in [9.17, 15) is 9.59 Å². The number of nitrogens with one attached hydrogen (secondary N) is 1. The van der Waals surface area contributed by atoms with E-state index in [2.05, 4.69) is 20.3 Å². The molecule has 1 fully saturated rings. The van der Waals surface area contributed by atoms with Gasteiger partial charge < -0.3 is 10.2 Å². The lowest BCUT2D eigenvalue weighted by Crippen LogP contribution is -2.35. The standard InChI is InChI=1S/C20H25N5O2/c1-24-19(26)11-16-10-15(5-6-17(16)23-24)20(27)22-13-14-4-7-18(21-12-14)25-8-2-3-9-25/h4,7,11-12,15H,2-3,5-6,8-10,13H2,1H3,(H,22,27). The summed E-state index contributed by atoms with van der Waals surface area (Å²) in [5.74, 6) is 0.939. The van der Waals surface area contributed by atoms with Crippen molar-refractivity contribution in [3.63, 3.8) is 0 Å². The van der Waals surface area contributed by atoms with Crippen LogP contribution in [0.1, 0.15) is 36.1 Å². The largest absolute Gasteiger partial charge is 0.357 e. The number of carbonyl (C=O) groups is 1. The number of fused-ring (bicyclic) bond motifs is 1. The molecule has 1 N–H and O–H groups in total. The van der Waals surface area contributed by atoms with Gasteiger partial charge in [0.15, 0.2) is 0 Å². The van der Waals surface area contributed by atoms with E-state index in [1.165, 1.54) is 17.5 Å². The molecule has 3 heterocycles. The Bertz CT molecular complexity index is 884. The molecule has 142 valence electrons. The van der Waals surface area contributed by atoms with Gasteiger partial charge in [0.25, 0.3) is 5.56 Å². The van der Waals surface area contributed by atoms with Gasteiger partial charge in [-0.3, -0.25) is 9.59 Å². The number of amides is 1. The van der Waals surface area contributed by atoms with Crippen LogP contribution in [-0.4, -0.2) is 33.8 Å². The zero-order valence-electron chi connectivity index (χ0n) is 15.6. The van der Waals surface area contributed by atoms with Crippen LogP contribution in [0.4, 0.5) is 5.82 Å². The summed E-state index contributed by atoms with van der Waals surface area (Å²) in [4.78, 5) is 31.2. The Balaban J connectivity index is 1.34. The first-order valence-corrected chi connectivity index (χ1v) is 9.64. The van der Waals surface area contributed by atoms with E-state index in [0.29, 0.717) is 13.0 Å². The summed E-state index contributed by atoms with van der Waals surface area (Å²) < 4.78 is 1.36. The molecule has 0 aromatic carbocycles. The van der Waals surface area contributed by atoms with E-state index in [1.807, 2.05) is 18.3 Å². The topological polar surface area (TPSA) is 80.1 Å². The molecule has 2 aromatic rings. The third-order valence-corrected chi connectivity index (χ3v) is 5.53. The number of rotatable bonds is 4. The van der Waals surface area contributed by atoms with Crippen molar-refractivity contribution in [1.82, 2.24) is 20.1 Å². The van der Waals surface area contributed by atoms with Gasteiger partial charge >= 0.3 is 0 Å². The van der Waals surface area contributed by atoms with Gasteiger partial charge in [0.05, 0.1) is 5.69 Å². The maximum Gasteiger partial charge on any atom is 0.266 e. The minimum atomic E-state index is -0.126. The summed E-state index contributed by atoms with van der Waals surface area (Å²) in [6, 6.07) is 5.68. The molecule has 2 aliphatic rings. The van der Waals surface area contributed by atoms with Gasteiger partial charge in [-0.1, -0.05) is 6.07 Å². The van der Waals surface area contributed by atoms with Gasteiger partial charge in [0.1, 0.15) is 5.82 Å². The summed E-state index contributed by atoms with van der Waals surface area (Å²) in [5, 5.41) is 7.32. The molecule has 1 unspecified atom stereocenters. The quantitative estimate of drug-likeness (QED) is 0.878. The van der Waals surface area contributed by atoms with Crippen LogP contribution < -0.4 is 15.8 Å². The Hall–Kier alpha value is -2.70. The van der Waals surface area contributed by atoms with Gasteiger partial charge in [-0.05, 0) is 49.3 Å². The highest BCUT2D eigenvalue weighted by atomic mass is 16.2.